The van der Waals surface area contributed by atoms with Crippen molar-refractivity contribution in [1.29, 1.82) is 0 Å². The maximum Gasteiger partial charge on any atom is 0.271 e. The molecule has 1 aliphatic heterocycles. The molecular formula is C15H17ClN4O3. The molecule has 122 valence electrons. The summed E-state index contributed by atoms with van der Waals surface area (Å²) in [6.45, 7) is 3.15. The van der Waals surface area contributed by atoms with Crippen LogP contribution in [-0.4, -0.2) is 31.8 Å². The van der Waals surface area contributed by atoms with E-state index in [9.17, 15) is 14.9 Å². The van der Waals surface area contributed by atoms with Crippen molar-refractivity contribution in [3.8, 4) is 0 Å². The van der Waals surface area contributed by atoms with Gasteiger partial charge in [0.25, 0.3) is 5.69 Å². The molecule has 1 aromatic heterocycles. The van der Waals surface area contributed by atoms with Crippen LogP contribution in [0.15, 0.2) is 18.2 Å². The lowest BCUT2D eigenvalue weighted by Crippen LogP contribution is -2.28. The van der Waals surface area contributed by atoms with E-state index in [2.05, 4.69) is 11.9 Å². The summed E-state index contributed by atoms with van der Waals surface area (Å²) in [5.41, 5.74) is 1.12. The number of rotatable bonds is 5. The fourth-order valence-electron chi connectivity index (χ4n) is 3.10. The van der Waals surface area contributed by atoms with Crippen LogP contribution in [0.1, 0.15) is 26.2 Å². The van der Waals surface area contributed by atoms with E-state index in [0.29, 0.717) is 30.0 Å². The first-order chi connectivity index (χ1) is 11.0. The van der Waals surface area contributed by atoms with Gasteiger partial charge in [0.05, 0.1) is 16.0 Å². The lowest BCUT2D eigenvalue weighted by Gasteiger charge is -2.18. The first-order valence-electron chi connectivity index (χ1n) is 7.57. The highest BCUT2D eigenvalue weighted by Gasteiger charge is 2.29. The number of hydrogen-bond acceptors (Lipinski definition) is 4. The normalized spacial score (nSPS) is 18.1. The molecule has 0 saturated carbocycles. The average molecular weight is 337 g/mol. The minimum Gasteiger partial charge on any atom is -0.324 e. The number of amides is 1. The van der Waals surface area contributed by atoms with Crippen LogP contribution in [-0.2, 0) is 11.5 Å². The van der Waals surface area contributed by atoms with Crippen molar-refractivity contribution >= 4 is 34.2 Å². The van der Waals surface area contributed by atoms with E-state index >= 15 is 0 Å². The van der Waals surface area contributed by atoms with Crippen molar-refractivity contribution in [2.75, 3.05) is 6.54 Å². The Morgan fingerprint density at radius 2 is 2.26 bits per heavy atom. The molecule has 1 aromatic carbocycles. The van der Waals surface area contributed by atoms with Gasteiger partial charge in [-0.3, -0.25) is 19.5 Å². The molecule has 0 aliphatic carbocycles. The van der Waals surface area contributed by atoms with Crippen LogP contribution >= 0.6 is 11.6 Å². The Morgan fingerprint density at radius 3 is 2.96 bits per heavy atom. The van der Waals surface area contributed by atoms with Crippen LogP contribution in [0.3, 0.4) is 0 Å². The van der Waals surface area contributed by atoms with E-state index in [1.807, 2.05) is 0 Å². The number of nitro groups is 1. The summed E-state index contributed by atoms with van der Waals surface area (Å²) < 4.78 is 1.72. The number of nitro benzene ring substituents is 1. The molecule has 3 rings (SSSR count). The summed E-state index contributed by atoms with van der Waals surface area (Å²) in [6.07, 6.45) is 2.67. The van der Waals surface area contributed by atoms with E-state index in [0.717, 1.165) is 19.4 Å². The van der Waals surface area contributed by atoms with Crippen LogP contribution in [0.4, 0.5) is 5.69 Å². The van der Waals surface area contributed by atoms with Crippen LogP contribution in [0.25, 0.3) is 11.0 Å². The lowest BCUT2D eigenvalue weighted by atomic mass is 10.0. The molecule has 23 heavy (non-hydrogen) atoms. The van der Waals surface area contributed by atoms with Gasteiger partial charge in [0.15, 0.2) is 0 Å². The number of imidazole rings is 1. The second-order valence-electron chi connectivity index (χ2n) is 5.86. The minimum absolute atomic E-state index is 0.0286. The van der Waals surface area contributed by atoms with Gasteiger partial charge in [0.2, 0.25) is 11.2 Å². The number of benzene rings is 1. The van der Waals surface area contributed by atoms with Crippen molar-refractivity contribution in [3.05, 3.63) is 33.6 Å². The molecule has 1 saturated heterocycles. The highest BCUT2D eigenvalue weighted by molar-refractivity contribution is 6.29. The first kappa shape index (κ1) is 15.7. The number of likely N-dealkylation sites (tertiary alicyclic amines) is 1. The van der Waals surface area contributed by atoms with Crippen LogP contribution < -0.4 is 0 Å². The SMILES string of the molecule is CCCC1CC(=O)N(Cn2c(Cl)nc3cc([N+](=O)[O-])ccc32)C1. The monoisotopic (exact) mass is 336 g/mol. The number of non-ortho nitro benzene ring substituents is 1. The van der Waals surface area contributed by atoms with Gasteiger partial charge in [-0.15, -0.1) is 0 Å². The Kier molecular flexibility index (Phi) is 4.21. The predicted octanol–water partition coefficient (Wildman–Crippen LogP) is 3.20. The van der Waals surface area contributed by atoms with Gasteiger partial charge in [-0.1, -0.05) is 13.3 Å². The molecule has 8 heteroatoms. The molecule has 2 heterocycles. The van der Waals surface area contributed by atoms with Gasteiger partial charge < -0.3 is 4.90 Å². The molecule has 1 amide bonds. The number of nitrogens with zero attached hydrogens (tertiary/aromatic N) is 4. The molecule has 1 aliphatic rings. The van der Waals surface area contributed by atoms with E-state index in [1.165, 1.54) is 12.1 Å². The number of carbonyl (C=O) groups excluding carboxylic acids is 1. The second-order valence-corrected chi connectivity index (χ2v) is 6.19. The fourth-order valence-corrected chi connectivity index (χ4v) is 3.34. The second kappa shape index (κ2) is 6.16. The maximum absolute atomic E-state index is 12.1. The number of hydrogen-bond donors (Lipinski definition) is 0. The third kappa shape index (κ3) is 3.01. The molecule has 1 fully saturated rings. The van der Waals surface area contributed by atoms with E-state index in [1.54, 1.807) is 15.5 Å². The fraction of sp³-hybridized carbons (Fsp3) is 0.467. The standard InChI is InChI=1S/C15H17ClN4O3/c1-2-3-10-6-14(21)18(8-10)9-19-13-5-4-11(20(22)23)7-12(13)17-15(19)16/h4-5,7,10H,2-3,6,8-9H2,1H3. The van der Waals surface area contributed by atoms with Gasteiger partial charge in [0, 0.05) is 25.1 Å². The lowest BCUT2D eigenvalue weighted by molar-refractivity contribution is -0.384. The van der Waals surface area contributed by atoms with Gasteiger partial charge >= 0.3 is 0 Å². The summed E-state index contributed by atoms with van der Waals surface area (Å²) in [5.74, 6) is 0.505. The average Bonchev–Trinajstić information content (AvgIpc) is 3.00. The summed E-state index contributed by atoms with van der Waals surface area (Å²) in [4.78, 5) is 28.4. The number of halogens is 1. The molecule has 0 radical (unpaired) electrons. The minimum atomic E-state index is -0.467. The van der Waals surface area contributed by atoms with Crippen molar-refractivity contribution in [2.45, 2.75) is 32.9 Å². The third-order valence-electron chi connectivity index (χ3n) is 4.20. The van der Waals surface area contributed by atoms with Crippen molar-refractivity contribution in [2.24, 2.45) is 5.92 Å². The van der Waals surface area contributed by atoms with Crippen LogP contribution in [0.5, 0.6) is 0 Å². The van der Waals surface area contributed by atoms with Gasteiger partial charge in [-0.25, -0.2) is 4.98 Å². The summed E-state index contributed by atoms with van der Waals surface area (Å²) in [5, 5.41) is 11.1. The number of carbonyl (C=O) groups is 1. The zero-order valence-corrected chi connectivity index (χ0v) is 13.5. The van der Waals surface area contributed by atoms with E-state index in [4.69, 9.17) is 11.6 Å². The van der Waals surface area contributed by atoms with Crippen molar-refractivity contribution < 1.29 is 9.72 Å². The van der Waals surface area contributed by atoms with Crippen molar-refractivity contribution in [3.63, 3.8) is 0 Å². The molecule has 1 atom stereocenters. The number of fused-ring (bicyclic) bond motifs is 1. The highest BCUT2D eigenvalue weighted by Crippen LogP contribution is 2.27. The Hall–Kier alpha value is -2.15. The molecular weight excluding hydrogens is 320 g/mol. The Labute approximate surface area is 138 Å². The van der Waals surface area contributed by atoms with Gasteiger partial charge in [-0.2, -0.15) is 0 Å². The topological polar surface area (TPSA) is 81.3 Å². The quantitative estimate of drug-likeness (QED) is 0.620. The molecule has 2 aromatic rings. The zero-order valence-electron chi connectivity index (χ0n) is 12.7. The van der Waals surface area contributed by atoms with E-state index in [-0.39, 0.29) is 16.9 Å². The van der Waals surface area contributed by atoms with Gasteiger partial charge in [-0.05, 0) is 30.0 Å². The Bertz CT molecular complexity index is 773. The highest BCUT2D eigenvalue weighted by atomic mass is 35.5. The molecule has 7 nitrogen and oxygen atoms in total. The van der Waals surface area contributed by atoms with Crippen LogP contribution in [0.2, 0.25) is 5.28 Å². The molecule has 0 N–H and O–H groups in total. The number of aromatic nitrogens is 2. The Balaban J connectivity index is 1.87. The Morgan fingerprint density at radius 1 is 1.48 bits per heavy atom. The predicted molar refractivity (Wildman–Crippen MR) is 86.1 cm³/mol. The van der Waals surface area contributed by atoms with Gasteiger partial charge in [0.1, 0.15) is 6.67 Å². The molecule has 0 spiro atoms. The maximum atomic E-state index is 12.1. The summed E-state index contributed by atoms with van der Waals surface area (Å²) >= 11 is 6.17. The van der Waals surface area contributed by atoms with Crippen molar-refractivity contribution in [1.82, 2.24) is 14.5 Å². The molecule has 1 unspecified atom stereocenters. The summed E-state index contributed by atoms with van der Waals surface area (Å²) in [6, 6.07) is 4.43. The smallest absolute Gasteiger partial charge is 0.271 e. The zero-order chi connectivity index (χ0) is 16.6. The third-order valence-corrected chi connectivity index (χ3v) is 4.49. The summed E-state index contributed by atoms with van der Waals surface area (Å²) in [7, 11) is 0. The van der Waals surface area contributed by atoms with E-state index < -0.39 is 4.92 Å². The van der Waals surface area contributed by atoms with Crippen LogP contribution in [0, 0.1) is 16.0 Å². The first-order valence-corrected chi connectivity index (χ1v) is 7.95. The molecule has 0 bridgehead atoms. The largest absolute Gasteiger partial charge is 0.324 e.